The molecule has 1 saturated heterocycles. The summed E-state index contributed by atoms with van der Waals surface area (Å²) in [6, 6.07) is 5.35. The Balaban J connectivity index is 1.85. The standard InChI is InChI=1S/C21H29ClN2O5/c1-5-28-21(27)16-8-10-24(11-9-16)19(25)13-23(4)20(26)15(3)29-18-12-14(2)6-7-17(18)22/h6-7,12,15-16H,5,8-11,13H2,1-4H3. The van der Waals surface area contributed by atoms with Crippen LogP contribution < -0.4 is 4.74 Å². The molecule has 0 bridgehead atoms. The van der Waals surface area contributed by atoms with Crippen LogP contribution in [0.1, 0.15) is 32.3 Å². The van der Waals surface area contributed by atoms with Crippen LogP contribution in [0.15, 0.2) is 18.2 Å². The third kappa shape index (κ3) is 6.35. The molecule has 0 radical (unpaired) electrons. The number of nitrogens with zero attached hydrogens (tertiary/aromatic N) is 2. The van der Waals surface area contributed by atoms with Crippen LogP contribution in [0.4, 0.5) is 0 Å². The van der Waals surface area contributed by atoms with Gasteiger partial charge < -0.3 is 19.3 Å². The highest BCUT2D eigenvalue weighted by atomic mass is 35.5. The number of hydrogen-bond donors (Lipinski definition) is 0. The van der Waals surface area contributed by atoms with Gasteiger partial charge in [0.1, 0.15) is 5.75 Å². The third-order valence-electron chi connectivity index (χ3n) is 4.95. The summed E-state index contributed by atoms with van der Waals surface area (Å²) in [5, 5.41) is 0.429. The molecule has 7 nitrogen and oxygen atoms in total. The zero-order valence-corrected chi connectivity index (χ0v) is 18.2. The van der Waals surface area contributed by atoms with Crippen LogP contribution >= 0.6 is 11.6 Å². The van der Waals surface area contributed by atoms with E-state index in [1.165, 1.54) is 4.90 Å². The van der Waals surface area contributed by atoms with E-state index in [1.807, 2.05) is 13.0 Å². The van der Waals surface area contributed by atoms with Gasteiger partial charge in [-0.2, -0.15) is 0 Å². The van der Waals surface area contributed by atoms with Gasteiger partial charge in [-0.1, -0.05) is 17.7 Å². The predicted octanol–water partition coefficient (Wildman–Crippen LogP) is 2.68. The van der Waals surface area contributed by atoms with E-state index in [-0.39, 0.29) is 30.2 Å². The molecule has 160 valence electrons. The summed E-state index contributed by atoms with van der Waals surface area (Å²) in [4.78, 5) is 40.0. The second-order valence-corrected chi connectivity index (χ2v) is 7.70. The molecule has 1 aromatic carbocycles. The van der Waals surface area contributed by atoms with Crippen LogP contribution in [0.25, 0.3) is 0 Å². The van der Waals surface area contributed by atoms with Crippen molar-refractivity contribution in [3.05, 3.63) is 28.8 Å². The molecule has 2 rings (SSSR count). The fraction of sp³-hybridized carbons (Fsp3) is 0.571. The number of benzene rings is 1. The van der Waals surface area contributed by atoms with Crippen molar-refractivity contribution in [2.45, 2.75) is 39.7 Å². The average molecular weight is 425 g/mol. The lowest BCUT2D eigenvalue weighted by atomic mass is 9.97. The van der Waals surface area contributed by atoms with Crippen LogP contribution in [-0.4, -0.2) is 67.0 Å². The van der Waals surface area contributed by atoms with Crippen LogP contribution in [0.5, 0.6) is 5.75 Å². The van der Waals surface area contributed by atoms with Crippen LogP contribution in [0.2, 0.25) is 5.02 Å². The van der Waals surface area contributed by atoms with Crippen molar-refractivity contribution < 1.29 is 23.9 Å². The van der Waals surface area contributed by atoms with E-state index in [0.29, 0.717) is 43.3 Å². The quantitative estimate of drug-likeness (QED) is 0.629. The van der Waals surface area contributed by atoms with Gasteiger partial charge in [0.15, 0.2) is 6.10 Å². The highest BCUT2D eigenvalue weighted by molar-refractivity contribution is 6.32. The second-order valence-electron chi connectivity index (χ2n) is 7.30. The maximum absolute atomic E-state index is 12.6. The van der Waals surface area contributed by atoms with Gasteiger partial charge in [0, 0.05) is 20.1 Å². The number of esters is 1. The van der Waals surface area contributed by atoms with E-state index in [4.69, 9.17) is 21.1 Å². The first-order chi connectivity index (χ1) is 13.7. The van der Waals surface area contributed by atoms with E-state index in [1.54, 1.807) is 37.9 Å². The number of ether oxygens (including phenoxy) is 2. The molecule has 0 saturated carbocycles. The lowest BCUT2D eigenvalue weighted by Gasteiger charge is -2.32. The lowest BCUT2D eigenvalue weighted by molar-refractivity contribution is -0.151. The maximum atomic E-state index is 12.6. The fourth-order valence-corrected chi connectivity index (χ4v) is 3.42. The number of aryl methyl sites for hydroxylation is 1. The van der Waals surface area contributed by atoms with Crippen molar-refractivity contribution in [3.8, 4) is 5.75 Å². The highest BCUT2D eigenvalue weighted by Crippen LogP contribution is 2.26. The lowest BCUT2D eigenvalue weighted by Crippen LogP contribution is -2.47. The van der Waals surface area contributed by atoms with Crippen LogP contribution in [0, 0.1) is 12.8 Å². The minimum atomic E-state index is -0.776. The first-order valence-electron chi connectivity index (χ1n) is 9.85. The summed E-state index contributed by atoms with van der Waals surface area (Å²) in [6.07, 6.45) is 0.378. The molecule has 0 N–H and O–H groups in total. The summed E-state index contributed by atoms with van der Waals surface area (Å²) in [6.45, 7) is 6.60. The molecular formula is C21H29ClN2O5. The van der Waals surface area contributed by atoms with Gasteiger partial charge in [-0.05, 0) is 51.3 Å². The monoisotopic (exact) mass is 424 g/mol. The van der Waals surface area contributed by atoms with E-state index in [2.05, 4.69) is 0 Å². The largest absolute Gasteiger partial charge is 0.479 e. The molecule has 1 aromatic rings. The number of hydrogen-bond acceptors (Lipinski definition) is 5. The van der Waals surface area contributed by atoms with Gasteiger partial charge in [0.2, 0.25) is 5.91 Å². The minimum Gasteiger partial charge on any atom is -0.479 e. The Bertz CT molecular complexity index is 747. The van der Waals surface area contributed by atoms with Crippen molar-refractivity contribution in [3.63, 3.8) is 0 Å². The number of carbonyl (C=O) groups is 3. The molecule has 1 aliphatic heterocycles. The zero-order valence-electron chi connectivity index (χ0n) is 17.4. The molecule has 1 unspecified atom stereocenters. The molecular weight excluding hydrogens is 396 g/mol. The van der Waals surface area contributed by atoms with Gasteiger partial charge in [-0.25, -0.2) is 0 Å². The van der Waals surface area contributed by atoms with E-state index >= 15 is 0 Å². The van der Waals surface area contributed by atoms with E-state index in [9.17, 15) is 14.4 Å². The molecule has 1 aliphatic rings. The fourth-order valence-electron chi connectivity index (χ4n) is 3.26. The van der Waals surface area contributed by atoms with Gasteiger partial charge in [0.05, 0.1) is 24.1 Å². The molecule has 8 heteroatoms. The summed E-state index contributed by atoms with van der Waals surface area (Å²) in [5.74, 6) is -0.381. The Hall–Kier alpha value is -2.28. The maximum Gasteiger partial charge on any atom is 0.309 e. The van der Waals surface area contributed by atoms with E-state index < -0.39 is 6.10 Å². The second kappa shape index (κ2) is 10.5. The summed E-state index contributed by atoms with van der Waals surface area (Å²) in [7, 11) is 1.57. The smallest absolute Gasteiger partial charge is 0.309 e. The van der Waals surface area contributed by atoms with E-state index in [0.717, 1.165) is 5.56 Å². The predicted molar refractivity (Wildman–Crippen MR) is 110 cm³/mol. The van der Waals surface area contributed by atoms with Crippen LogP contribution in [0.3, 0.4) is 0 Å². The average Bonchev–Trinajstić information content (AvgIpc) is 2.70. The number of likely N-dealkylation sites (N-methyl/N-ethyl adjacent to an activating group) is 1. The number of likely N-dealkylation sites (tertiary alicyclic amines) is 1. The molecule has 0 spiro atoms. The summed E-state index contributed by atoms with van der Waals surface area (Å²) < 4.78 is 10.7. The molecule has 0 aliphatic carbocycles. The first kappa shape index (κ1) is 23.0. The van der Waals surface area contributed by atoms with Crippen molar-refractivity contribution in [2.75, 3.05) is 33.3 Å². The molecule has 0 aromatic heterocycles. The number of rotatable bonds is 7. The van der Waals surface area contributed by atoms with Gasteiger partial charge in [-0.3, -0.25) is 14.4 Å². The number of amides is 2. The Kier molecular flexibility index (Phi) is 8.32. The summed E-state index contributed by atoms with van der Waals surface area (Å²) >= 11 is 6.12. The Morgan fingerprint density at radius 1 is 1.28 bits per heavy atom. The first-order valence-corrected chi connectivity index (χ1v) is 10.2. The SMILES string of the molecule is CCOC(=O)C1CCN(C(=O)CN(C)C(=O)C(C)Oc2cc(C)ccc2Cl)CC1. The van der Waals surface area contributed by atoms with Crippen molar-refractivity contribution in [2.24, 2.45) is 5.92 Å². The molecule has 1 heterocycles. The Morgan fingerprint density at radius 2 is 1.93 bits per heavy atom. The minimum absolute atomic E-state index is 0.0435. The van der Waals surface area contributed by atoms with Crippen molar-refractivity contribution >= 4 is 29.4 Å². The normalized spacial score (nSPS) is 15.6. The van der Waals surface area contributed by atoms with Gasteiger partial charge in [0.25, 0.3) is 5.91 Å². The Labute approximate surface area is 176 Å². The molecule has 1 atom stereocenters. The third-order valence-corrected chi connectivity index (χ3v) is 5.27. The topological polar surface area (TPSA) is 76.2 Å². The molecule has 29 heavy (non-hydrogen) atoms. The summed E-state index contributed by atoms with van der Waals surface area (Å²) in [5.41, 5.74) is 0.971. The van der Waals surface area contributed by atoms with Crippen LogP contribution in [-0.2, 0) is 19.1 Å². The van der Waals surface area contributed by atoms with Gasteiger partial charge >= 0.3 is 5.97 Å². The number of halogens is 1. The number of carbonyl (C=O) groups excluding carboxylic acids is 3. The number of piperidine rings is 1. The molecule has 1 fully saturated rings. The zero-order chi connectivity index (χ0) is 21.6. The highest BCUT2D eigenvalue weighted by Gasteiger charge is 2.29. The van der Waals surface area contributed by atoms with Crippen molar-refractivity contribution in [1.29, 1.82) is 0 Å². The molecule has 2 amide bonds. The van der Waals surface area contributed by atoms with Gasteiger partial charge in [-0.15, -0.1) is 0 Å². The van der Waals surface area contributed by atoms with Crippen molar-refractivity contribution in [1.82, 2.24) is 9.80 Å². The Morgan fingerprint density at radius 3 is 2.55 bits per heavy atom.